The molecule has 2 unspecified atom stereocenters. The molecule has 1 aromatic carbocycles. The molecule has 0 radical (unpaired) electrons. The van der Waals surface area contributed by atoms with Crippen LogP contribution in [0.5, 0.6) is 5.75 Å². The number of hydrogen-bond donors (Lipinski definition) is 0. The summed E-state index contributed by atoms with van der Waals surface area (Å²) in [6.07, 6.45) is 2.51. The zero-order valence-corrected chi connectivity index (χ0v) is 16.5. The number of halogens is 3. The van der Waals surface area contributed by atoms with Crippen LogP contribution in [-0.4, -0.2) is 51.7 Å². The smallest absolute Gasteiger partial charge is 0.249 e. The lowest BCUT2D eigenvalue weighted by molar-refractivity contribution is -0.139. The molecule has 2 atom stereocenters. The van der Waals surface area contributed by atoms with Crippen LogP contribution in [0.25, 0.3) is 0 Å². The quantitative estimate of drug-likeness (QED) is 0.690. The molecule has 3 aliphatic rings. The van der Waals surface area contributed by atoms with E-state index in [1.54, 1.807) is 16.9 Å². The second kappa shape index (κ2) is 6.18. The molecule has 0 spiro atoms. The second-order valence-corrected chi connectivity index (χ2v) is 9.25. The van der Waals surface area contributed by atoms with E-state index in [9.17, 15) is 9.59 Å². The predicted octanol–water partition coefficient (Wildman–Crippen LogP) is 3.35. The number of nitrogens with zero attached hydrogens (tertiary/aromatic N) is 2. The lowest BCUT2D eigenvalue weighted by Gasteiger charge is -2.30. The van der Waals surface area contributed by atoms with Crippen molar-refractivity contribution in [2.75, 3.05) is 18.6 Å². The first-order valence-corrected chi connectivity index (χ1v) is 9.77. The van der Waals surface area contributed by atoms with Gasteiger partial charge in [-0.1, -0.05) is 29.3 Å². The molecule has 5 nitrogen and oxygen atoms in total. The van der Waals surface area contributed by atoms with Gasteiger partial charge in [0.2, 0.25) is 11.8 Å². The van der Waals surface area contributed by atoms with Crippen LogP contribution in [0, 0.1) is 0 Å². The highest BCUT2D eigenvalue weighted by molar-refractivity contribution is 6.62. The molecule has 140 valence electrons. The van der Waals surface area contributed by atoms with Gasteiger partial charge in [-0.3, -0.25) is 9.59 Å². The van der Waals surface area contributed by atoms with E-state index in [1.807, 2.05) is 24.3 Å². The standard InChI is InChI=1S/C18H19Cl3N2O3/c1-26-13-4-2-3-12(9-13)22-8-7-14(15(22)24)23(11-5-6-11)16(25)17(19)10-18(17,20)21/h2-4,9,11,14H,5-8,10H2,1H3. The Balaban J connectivity index is 1.57. The largest absolute Gasteiger partial charge is 0.497 e. The highest BCUT2D eigenvalue weighted by Crippen LogP contribution is 2.62. The number of rotatable bonds is 5. The predicted molar refractivity (Wildman–Crippen MR) is 101 cm³/mol. The number of benzene rings is 1. The zero-order valence-electron chi connectivity index (χ0n) is 14.3. The summed E-state index contributed by atoms with van der Waals surface area (Å²) >= 11 is 18.6. The molecular weight excluding hydrogens is 399 g/mol. The van der Waals surface area contributed by atoms with E-state index < -0.39 is 15.2 Å². The van der Waals surface area contributed by atoms with Gasteiger partial charge in [-0.25, -0.2) is 0 Å². The van der Waals surface area contributed by atoms with E-state index in [4.69, 9.17) is 39.5 Å². The number of ether oxygens (including phenoxy) is 1. The van der Waals surface area contributed by atoms with Crippen molar-refractivity contribution in [3.63, 3.8) is 0 Å². The van der Waals surface area contributed by atoms with Gasteiger partial charge in [0.05, 0.1) is 7.11 Å². The van der Waals surface area contributed by atoms with E-state index in [2.05, 4.69) is 0 Å². The van der Waals surface area contributed by atoms with E-state index in [0.717, 1.165) is 18.5 Å². The molecule has 2 aliphatic carbocycles. The Morgan fingerprint density at radius 2 is 1.96 bits per heavy atom. The first kappa shape index (κ1) is 18.2. The maximum atomic E-state index is 13.1. The normalized spacial score (nSPS) is 29.6. The fourth-order valence-electron chi connectivity index (χ4n) is 3.57. The van der Waals surface area contributed by atoms with E-state index in [0.29, 0.717) is 18.7 Å². The van der Waals surface area contributed by atoms with Crippen LogP contribution in [0.3, 0.4) is 0 Å². The van der Waals surface area contributed by atoms with Gasteiger partial charge in [-0.15, -0.1) is 11.6 Å². The highest BCUT2D eigenvalue weighted by atomic mass is 35.5. The summed E-state index contributed by atoms with van der Waals surface area (Å²) in [5.74, 6) is 0.257. The number of methoxy groups -OCH3 is 1. The van der Waals surface area contributed by atoms with Crippen molar-refractivity contribution in [3.8, 4) is 5.75 Å². The first-order chi connectivity index (χ1) is 12.3. The Bertz CT molecular complexity index is 768. The molecular formula is C18H19Cl3N2O3. The summed E-state index contributed by atoms with van der Waals surface area (Å²) in [6.45, 7) is 0.537. The third-order valence-electron chi connectivity index (χ3n) is 5.31. The van der Waals surface area contributed by atoms with Gasteiger partial charge >= 0.3 is 0 Å². The van der Waals surface area contributed by atoms with Crippen LogP contribution in [0.2, 0.25) is 0 Å². The number of hydrogen-bond acceptors (Lipinski definition) is 3. The van der Waals surface area contributed by atoms with Gasteiger partial charge in [0.25, 0.3) is 0 Å². The van der Waals surface area contributed by atoms with Gasteiger partial charge in [0.15, 0.2) is 4.87 Å². The van der Waals surface area contributed by atoms with Crippen LogP contribution in [0.1, 0.15) is 25.7 Å². The number of alkyl halides is 3. The lowest BCUT2D eigenvalue weighted by Crippen LogP contribution is -2.51. The Hall–Kier alpha value is -1.17. The maximum absolute atomic E-state index is 13.1. The molecule has 1 aliphatic heterocycles. The minimum atomic E-state index is -1.32. The van der Waals surface area contributed by atoms with Crippen molar-refractivity contribution in [1.82, 2.24) is 4.90 Å². The molecule has 4 rings (SSSR count). The van der Waals surface area contributed by atoms with Crippen molar-refractivity contribution in [1.29, 1.82) is 0 Å². The first-order valence-electron chi connectivity index (χ1n) is 8.63. The minimum Gasteiger partial charge on any atom is -0.497 e. The van der Waals surface area contributed by atoms with E-state index >= 15 is 0 Å². The molecule has 3 fully saturated rings. The summed E-state index contributed by atoms with van der Waals surface area (Å²) in [5.41, 5.74) is 0.760. The highest BCUT2D eigenvalue weighted by Gasteiger charge is 2.73. The minimum absolute atomic E-state index is 0.0436. The zero-order chi connectivity index (χ0) is 18.7. The third kappa shape index (κ3) is 2.85. The van der Waals surface area contributed by atoms with Crippen molar-refractivity contribution < 1.29 is 14.3 Å². The third-order valence-corrected chi connectivity index (χ3v) is 7.04. The molecule has 0 aromatic heterocycles. The van der Waals surface area contributed by atoms with Crippen molar-refractivity contribution in [3.05, 3.63) is 24.3 Å². The SMILES string of the molecule is COc1cccc(N2CCC(N(C(=O)C3(Cl)CC3(Cl)Cl)C3CC3)C2=O)c1. The Labute approximate surface area is 167 Å². The monoisotopic (exact) mass is 416 g/mol. The molecule has 1 saturated heterocycles. The van der Waals surface area contributed by atoms with Crippen molar-refractivity contribution >= 4 is 52.3 Å². The fourth-order valence-corrected chi connectivity index (χ4v) is 4.57. The summed E-state index contributed by atoms with van der Waals surface area (Å²) in [4.78, 5) is 28.1. The van der Waals surface area contributed by atoms with Crippen molar-refractivity contribution in [2.24, 2.45) is 0 Å². The topological polar surface area (TPSA) is 49.9 Å². The summed E-state index contributed by atoms with van der Waals surface area (Å²) in [6, 6.07) is 6.86. The Kier molecular flexibility index (Phi) is 4.33. The maximum Gasteiger partial charge on any atom is 0.249 e. The van der Waals surface area contributed by atoms with Crippen LogP contribution < -0.4 is 9.64 Å². The van der Waals surface area contributed by atoms with E-state index in [-0.39, 0.29) is 24.3 Å². The average molecular weight is 418 g/mol. The second-order valence-electron chi connectivity index (χ2n) is 7.12. The molecule has 2 amide bonds. The molecule has 1 aromatic rings. The molecule has 26 heavy (non-hydrogen) atoms. The van der Waals surface area contributed by atoms with Crippen LogP contribution in [-0.2, 0) is 9.59 Å². The van der Waals surface area contributed by atoms with Crippen LogP contribution >= 0.6 is 34.8 Å². The molecule has 2 saturated carbocycles. The molecule has 8 heteroatoms. The summed E-state index contributed by atoms with van der Waals surface area (Å²) < 4.78 is 3.98. The van der Waals surface area contributed by atoms with Gasteiger partial charge in [-0.05, 0) is 31.4 Å². The number of carbonyl (C=O) groups is 2. The summed E-state index contributed by atoms with van der Waals surface area (Å²) in [7, 11) is 1.58. The summed E-state index contributed by atoms with van der Waals surface area (Å²) in [5, 5.41) is 0. The molecule has 0 N–H and O–H groups in total. The van der Waals surface area contributed by atoms with Crippen LogP contribution in [0.4, 0.5) is 5.69 Å². The van der Waals surface area contributed by atoms with Gasteiger partial charge < -0.3 is 14.5 Å². The van der Waals surface area contributed by atoms with Gasteiger partial charge in [0, 0.05) is 30.8 Å². The fraction of sp³-hybridized carbons (Fsp3) is 0.556. The van der Waals surface area contributed by atoms with Crippen molar-refractivity contribution in [2.45, 2.75) is 47.0 Å². The molecule has 0 bridgehead atoms. The Morgan fingerprint density at radius 1 is 1.27 bits per heavy atom. The van der Waals surface area contributed by atoms with Gasteiger partial charge in [-0.2, -0.15) is 0 Å². The number of anilines is 1. The lowest BCUT2D eigenvalue weighted by atomic mass is 10.1. The van der Waals surface area contributed by atoms with Gasteiger partial charge in [0.1, 0.15) is 16.1 Å². The number of carbonyl (C=O) groups excluding carboxylic acids is 2. The molecule has 1 heterocycles. The van der Waals surface area contributed by atoms with Crippen LogP contribution in [0.15, 0.2) is 24.3 Å². The average Bonchev–Trinajstić information content (AvgIpc) is 3.48. The number of amides is 2. The Morgan fingerprint density at radius 3 is 2.54 bits per heavy atom. The van der Waals surface area contributed by atoms with E-state index in [1.165, 1.54) is 0 Å².